The van der Waals surface area contributed by atoms with E-state index in [1.54, 1.807) is 18.0 Å². The maximum absolute atomic E-state index is 13.8. The van der Waals surface area contributed by atoms with Crippen LogP contribution in [0.15, 0.2) is 103 Å². The van der Waals surface area contributed by atoms with E-state index in [0.717, 1.165) is 49.1 Å². The van der Waals surface area contributed by atoms with Crippen LogP contribution in [0.3, 0.4) is 0 Å². The van der Waals surface area contributed by atoms with Crippen LogP contribution >= 0.6 is 0 Å². The van der Waals surface area contributed by atoms with Gasteiger partial charge in [0.2, 0.25) is 27.8 Å². The van der Waals surface area contributed by atoms with Gasteiger partial charge >= 0.3 is 0 Å². The van der Waals surface area contributed by atoms with Crippen LogP contribution in [-0.2, 0) is 19.6 Å². The van der Waals surface area contributed by atoms with Crippen LogP contribution in [0.4, 0.5) is 10.3 Å². The summed E-state index contributed by atoms with van der Waals surface area (Å²) in [6.07, 6.45) is 33.7. The number of aromatic nitrogens is 2. The molecule has 0 aliphatic carbocycles. The minimum Gasteiger partial charge on any atom is -0.392 e. The summed E-state index contributed by atoms with van der Waals surface area (Å²) >= 11 is 0. The highest BCUT2D eigenvalue weighted by Gasteiger charge is 2.23. The Bertz CT molecular complexity index is 1940. The summed E-state index contributed by atoms with van der Waals surface area (Å²) < 4.78 is 39.4. The van der Waals surface area contributed by atoms with Crippen LogP contribution in [0.25, 0.3) is 17.3 Å². The number of aliphatic hydroxyl groups excluding tert-OH is 2. The number of sulfonamides is 1. The lowest BCUT2D eigenvalue weighted by Gasteiger charge is -2.20. The Hall–Kier alpha value is -4.98. The molecule has 0 aliphatic rings. The molecule has 13 heteroatoms. The Kier molecular flexibility index (Phi) is 24.3. The van der Waals surface area contributed by atoms with Gasteiger partial charge in [0.05, 0.1) is 36.3 Å². The third-order valence-electron chi connectivity index (χ3n) is 9.14. The SMILES string of the molecule is CCC=CCC=CCC=CCC=CCC=CCC=CCCC(=O)N(C)CCNC(=O)C[C@H](O)C[C@H](O)/C=C/c1c(-c2ccc(F)cc2)nc(N(C)S(C)(=O)=O)nc1C(C)C. The number of hydrogen-bond donors (Lipinski definition) is 3. The van der Waals surface area contributed by atoms with Gasteiger partial charge in [0.1, 0.15) is 5.82 Å². The zero-order valence-electron chi connectivity index (χ0n) is 36.2. The van der Waals surface area contributed by atoms with Crippen molar-refractivity contribution in [1.29, 1.82) is 0 Å². The number of amides is 2. The maximum atomic E-state index is 13.8. The second-order valence-electron chi connectivity index (χ2n) is 14.7. The van der Waals surface area contributed by atoms with E-state index in [-0.39, 0.29) is 37.2 Å². The predicted molar refractivity (Wildman–Crippen MR) is 243 cm³/mol. The number of rotatable bonds is 27. The van der Waals surface area contributed by atoms with Gasteiger partial charge in [-0.15, -0.1) is 0 Å². The molecule has 60 heavy (non-hydrogen) atoms. The molecule has 328 valence electrons. The molecule has 1 aromatic carbocycles. The molecule has 0 fully saturated rings. The summed E-state index contributed by atoms with van der Waals surface area (Å²) in [5.74, 6) is -1.16. The van der Waals surface area contributed by atoms with Crippen LogP contribution in [0.5, 0.6) is 0 Å². The van der Waals surface area contributed by atoms with Crippen LogP contribution in [0.2, 0.25) is 0 Å². The van der Waals surface area contributed by atoms with Crippen LogP contribution in [0.1, 0.15) is 102 Å². The Labute approximate surface area is 358 Å². The summed E-state index contributed by atoms with van der Waals surface area (Å²) in [6, 6.07) is 5.57. The molecule has 0 aliphatic heterocycles. The Morgan fingerprint density at radius 2 is 1.37 bits per heavy atom. The number of nitrogens with zero attached hydrogens (tertiary/aromatic N) is 4. The van der Waals surface area contributed by atoms with Crippen molar-refractivity contribution < 1.29 is 32.6 Å². The van der Waals surface area contributed by atoms with Gasteiger partial charge in [-0.05, 0) is 75.1 Å². The highest BCUT2D eigenvalue weighted by Crippen LogP contribution is 2.32. The molecule has 0 spiro atoms. The smallest absolute Gasteiger partial charge is 0.239 e. The molecule has 2 rings (SSSR count). The number of carbonyl (C=O) groups excluding carboxylic acids is 2. The fourth-order valence-corrected chi connectivity index (χ4v) is 6.03. The van der Waals surface area contributed by atoms with E-state index >= 15 is 0 Å². The summed E-state index contributed by atoms with van der Waals surface area (Å²) in [5, 5.41) is 24.1. The third kappa shape index (κ3) is 20.8. The topological polar surface area (TPSA) is 153 Å². The van der Waals surface area contributed by atoms with Crippen molar-refractivity contribution in [2.24, 2.45) is 0 Å². The third-order valence-corrected chi connectivity index (χ3v) is 10.3. The molecular formula is C47H66FN5O6S. The fraction of sp³-hybridized carbons (Fsp3) is 0.447. The minimum atomic E-state index is -3.69. The molecule has 0 radical (unpaired) electrons. The van der Waals surface area contributed by atoms with Gasteiger partial charge in [0.15, 0.2) is 0 Å². The van der Waals surface area contributed by atoms with Crippen molar-refractivity contribution in [3.8, 4) is 11.3 Å². The van der Waals surface area contributed by atoms with Gasteiger partial charge in [-0.1, -0.05) is 106 Å². The molecule has 2 atom stereocenters. The molecule has 0 bridgehead atoms. The van der Waals surface area contributed by atoms with E-state index in [4.69, 9.17) is 0 Å². The van der Waals surface area contributed by atoms with E-state index in [1.165, 1.54) is 37.4 Å². The van der Waals surface area contributed by atoms with Gasteiger partial charge < -0.3 is 20.4 Å². The van der Waals surface area contributed by atoms with Gasteiger partial charge in [-0.25, -0.2) is 27.1 Å². The van der Waals surface area contributed by atoms with Crippen LogP contribution in [0, 0.1) is 5.82 Å². The normalized spacial score (nSPS) is 13.7. The second kappa shape index (κ2) is 28.5. The maximum Gasteiger partial charge on any atom is 0.239 e. The first-order valence-electron chi connectivity index (χ1n) is 20.7. The monoisotopic (exact) mass is 847 g/mol. The second-order valence-corrected chi connectivity index (χ2v) is 16.7. The molecule has 1 aromatic heterocycles. The Balaban J connectivity index is 1.76. The molecule has 11 nitrogen and oxygen atoms in total. The van der Waals surface area contributed by atoms with Crippen molar-refractivity contribution >= 4 is 33.9 Å². The quantitative estimate of drug-likeness (QED) is 0.0759. The van der Waals surface area contributed by atoms with E-state index < -0.39 is 34.0 Å². The number of anilines is 1. The van der Waals surface area contributed by atoms with Crippen LogP contribution < -0.4 is 9.62 Å². The summed E-state index contributed by atoms with van der Waals surface area (Å²) in [4.78, 5) is 35.7. The average Bonchev–Trinajstić information content (AvgIpc) is 3.20. The number of allylic oxidation sites excluding steroid dienone is 12. The van der Waals surface area contributed by atoms with E-state index in [0.29, 0.717) is 41.9 Å². The molecule has 1 heterocycles. The lowest BCUT2D eigenvalue weighted by atomic mass is 9.97. The largest absolute Gasteiger partial charge is 0.392 e. The highest BCUT2D eigenvalue weighted by atomic mass is 32.2. The molecule has 3 N–H and O–H groups in total. The van der Waals surface area contributed by atoms with Crippen molar-refractivity contribution in [1.82, 2.24) is 20.2 Å². The number of halogens is 1. The lowest BCUT2D eigenvalue weighted by Crippen LogP contribution is -2.37. The molecule has 0 unspecified atom stereocenters. The molecule has 0 saturated carbocycles. The Morgan fingerprint density at radius 1 is 0.833 bits per heavy atom. The van der Waals surface area contributed by atoms with Crippen molar-refractivity contribution in [2.75, 3.05) is 37.7 Å². The minimum absolute atomic E-state index is 0.0376. The molecule has 2 aromatic rings. The van der Waals surface area contributed by atoms with Crippen molar-refractivity contribution in [3.63, 3.8) is 0 Å². The number of aliphatic hydroxyl groups is 2. The molecule has 0 saturated heterocycles. The first-order valence-corrected chi connectivity index (χ1v) is 22.5. The lowest BCUT2D eigenvalue weighted by molar-refractivity contribution is -0.130. The van der Waals surface area contributed by atoms with Crippen molar-refractivity contribution in [2.45, 2.75) is 103 Å². The number of benzene rings is 1. The summed E-state index contributed by atoms with van der Waals surface area (Å²) in [6.45, 7) is 6.41. The first kappa shape index (κ1) is 51.2. The van der Waals surface area contributed by atoms with E-state index in [9.17, 15) is 32.6 Å². The Morgan fingerprint density at radius 3 is 1.88 bits per heavy atom. The first-order chi connectivity index (χ1) is 28.6. The number of likely N-dealkylation sites (N-methyl/N-ethyl adjacent to an activating group) is 1. The zero-order chi connectivity index (χ0) is 44.3. The van der Waals surface area contributed by atoms with E-state index in [2.05, 4.69) is 83.0 Å². The predicted octanol–water partition coefficient (Wildman–Crippen LogP) is 8.37. The molecular weight excluding hydrogens is 782 g/mol. The highest BCUT2D eigenvalue weighted by molar-refractivity contribution is 7.92. The standard InChI is InChI=1S/C47H66FN5O6S/c1-7-8-9-10-11-12-13-14-15-16-17-18-19-20-21-22-23-24-25-26-44(57)52(4)34-33-49-43(56)36-41(55)35-40(54)31-32-42-45(37(2)3)50-47(53(5)60(6,58)59)51-46(42)38-27-29-39(48)30-28-38/h8-9,11-12,14-15,17-18,20-21,23-24,27-32,37,40-41,54-55H,7,10,13,16,19,22,25-26,33-36H2,1-6H3,(H,49,56)/b9-8?,12-11?,15-14?,18-17?,21-20?,24-23?,32-31+/t40-,41-/m1/s1. The van der Waals surface area contributed by atoms with Gasteiger partial charge in [0.25, 0.3) is 0 Å². The molecule has 2 amide bonds. The number of nitrogens with one attached hydrogen (secondary N) is 1. The zero-order valence-corrected chi connectivity index (χ0v) is 37.0. The van der Waals surface area contributed by atoms with Gasteiger partial charge in [-0.3, -0.25) is 9.59 Å². The van der Waals surface area contributed by atoms with Gasteiger partial charge in [-0.2, -0.15) is 0 Å². The van der Waals surface area contributed by atoms with Crippen molar-refractivity contribution in [3.05, 3.63) is 120 Å². The average molecular weight is 848 g/mol. The summed E-state index contributed by atoms with van der Waals surface area (Å²) in [5.41, 5.74) is 1.83. The van der Waals surface area contributed by atoms with Gasteiger partial charge in [0, 0.05) is 51.2 Å². The van der Waals surface area contributed by atoms with E-state index in [1.807, 2.05) is 26.0 Å². The fourth-order valence-electron chi connectivity index (χ4n) is 5.66. The number of hydrogen-bond acceptors (Lipinski definition) is 8. The number of carbonyl (C=O) groups is 2. The summed E-state index contributed by atoms with van der Waals surface area (Å²) in [7, 11) is -0.667. The van der Waals surface area contributed by atoms with Crippen LogP contribution in [-0.4, -0.2) is 91.0 Å².